The van der Waals surface area contributed by atoms with Gasteiger partial charge < -0.3 is 9.64 Å². The van der Waals surface area contributed by atoms with Crippen LogP contribution in [0.15, 0.2) is 12.4 Å². The Hall–Kier alpha value is -1.01. The first-order chi connectivity index (χ1) is 9.25. The topological polar surface area (TPSA) is 47.4 Å². The minimum Gasteiger partial charge on any atom is -0.368 e. The van der Waals surface area contributed by atoms with E-state index in [2.05, 4.69) is 5.10 Å². The number of rotatable bonds is 2. The molecule has 2 aliphatic rings. The van der Waals surface area contributed by atoms with Crippen LogP contribution in [-0.2, 0) is 16.6 Å². The van der Waals surface area contributed by atoms with E-state index < -0.39 is 0 Å². The van der Waals surface area contributed by atoms with Crippen molar-refractivity contribution in [2.24, 2.45) is 7.05 Å². The highest BCUT2D eigenvalue weighted by atomic mass is 32.2. The maximum atomic E-state index is 12.6. The fourth-order valence-electron chi connectivity index (χ4n) is 2.71. The van der Waals surface area contributed by atoms with Crippen LogP contribution in [0.3, 0.4) is 0 Å². The third-order valence-electron chi connectivity index (χ3n) is 3.73. The van der Waals surface area contributed by atoms with E-state index in [-0.39, 0.29) is 18.1 Å². The van der Waals surface area contributed by atoms with E-state index in [4.69, 9.17) is 4.74 Å². The number of carbonyl (C=O) groups excluding carboxylic acids is 1. The third kappa shape index (κ3) is 2.65. The van der Waals surface area contributed by atoms with Crippen molar-refractivity contribution in [1.82, 2.24) is 14.7 Å². The molecule has 0 bridgehead atoms. The van der Waals surface area contributed by atoms with Crippen LogP contribution < -0.4 is 0 Å². The van der Waals surface area contributed by atoms with Gasteiger partial charge >= 0.3 is 0 Å². The average Bonchev–Trinajstić information content (AvgIpc) is 3.09. The van der Waals surface area contributed by atoms with Gasteiger partial charge in [-0.25, -0.2) is 0 Å². The van der Waals surface area contributed by atoms with Crippen LogP contribution in [0.5, 0.6) is 0 Å². The monoisotopic (exact) mass is 281 g/mol. The van der Waals surface area contributed by atoms with Crippen molar-refractivity contribution < 1.29 is 9.53 Å². The maximum absolute atomic E-state index is 12.6. The number of aryl methyl sites for hydroxylation is 1. The Morgan fingerprint density at radius 1 is 1.58 bits per heavy atom. The first-order valence-electron chi connectivity index (χ1n) is 6.74. The predicted molar refractivity (Wildman–Crippen MR) is 74.0 cm³/mol. The summed E-state index contributed by atoms with van der Waals surface area (Å²) in [6.45, 7) is 1.53. The molecule has 0 radical (unpaired) electrons. The summed E-state index contributed by atoms with van der Waals surface area (Å²) in [5.74, 6) is 2.12. The molecular formula is C13H19N3O2S. The van der Waals surface area contributed by atoms with Crippen LogP contribution in [0, 0.1) is 0 Å². The second kappa shape index (κ2) is 5.54. The third-order valence-corrected chi connectivity index (χ3v) is 4.75. The summed E-state index contributed by atoms with van der Waals surface area (Å²) in [6, 6.07) is 0.143. The lowest BCUT2D eigenvalue weighted by atomic mass is 10.1. The van der Waals surface area contributed by atoms with Crippen LogP contribution >= 0.6 is 11.8 Å². The normalized spacial score (nSPS) is 27.7. The first-order valence-corrected chi connectivity index (χ1v) is 7.89. The fraction of sp³-hybridized carbons (Fsp3) is 0.692. The zero-order valence-corrected chi connectivity index (χ0v) is 11.9. The molecule has 2 atom stereocenters. The highest BCUT2D eigenvalue weighted by Crippen LogP contribution is 2.31. The van der Waals surface area contributed by atoms with E-state index >= 15 is 0 Å². The van der Waals surface area contributed by atoms with Gasteiger partial charge in [0.05, 0.1) is 12.2 Å². The smallest absolute Gasteiger partial charge is 0.252 e. The Bertz CT molecular complexity index is 456. The summed E-state index contributed by atoms with van der Waals surface area (Å²) in [6.07, 6.45) is 5.51. The van der Waals surface area contributed by atoms with Crippen LogP contribution in [0.25, 0.3) is 0 Å². The molecule has 2 aliphatic heterocycles. The molecule has 1 aromatic rings. The molecule has 2 fully saturated rings. The molecule has 104 valence electrons. The summed E-state index contributed by atoms with van der Waals surface area (Å²) in [4.78, 5) is 14.5. The van der Waals surface area contributed by atoms with Crippen LogP contribution in [0.1, 0.15) is 24.4 Å². The largest absolute Gasteiger partial charge is 0.368 e. The van der Waals surface area contributed by atoms with Gasteiger partial charge in [0.25, 0.3) is 5.91 Å². The van der Waals surface area contributed by atoms with Crippen molar-refractivity contribution in [1.29, 1.82) is 0 Å². The van der Waals surface area contributed by atoms with E-state index in [1.54, 1.807) is 4.68 Å². The highest BCUT2D eigenvalue weighted by molar-refractivity contribution is 7.99. The molecule has 0 aromatic carbocycles. The lowest BCUT2D eigenvalue weighted by molar-refractivity contribution is -0.143. The van der Waals surface area contributed by atoms with E-state index in [1.807, 2.05) is 36.1 Å². The predicted octanol–water partition coefficient (Wildman–Crippen LogP) is 1.22. The molecule has 0 spiro atoms. The van der Waals surface area contributed by atoms with Gasteiger partial charge in [0.2, 0.25) is 0 Å². The Balaban J connectivity index is 1.78. The molecule has 0 aliphatic carbocycles. The number of aromatic nitrogens is 2. The van der Waals surface area contributed by atoms with E-state index in [0.29, 0.717) is 0 Å². The van der Waals surface area contributed by atoms with Crippen molar-refractivity contribution in [2.75, 3.05) is 24.7 Å². The molecule has 19 heavy (non-hydrogen) atoms. The second-order valence-electron chi connectivity index (χ2n) is 5.07. The molecule has 5 nitrogen and oxygen atoms in total. The van der Waals surface area contributed by atoms with Crippen molar-refractivity contribution in [3.63, 3.8) is 0 Å². The summed E-state index contributed by atoms with van der Waals surface area (Å²) < 4.78 is 7.33. The van der Waals surface area contributed by atoms with Crippen molar-refractivity contribution in [3.8, 4) is 0 Å². The van der Waals surface area contributed by atoms with Gasteiger partial charge in [-0.1, -0.05) is 0 Å². The number of carbonyl (C=O) groups is 1. The van der Waals surface area contributed by atoms with E-state index in [1.165, 1.54) is 0 Å². The van der Waals surface area contributed by atoms with Crippen molar-refractivity contribution in [3.05, 3.63) is 18.0 Å². The molecule has 1 amide bonds. The maximum Gasteiger partial charge on any atom is 0.252 e. The van der Waals surface area contributed by atoms with Crippen molar-refractivity contribution >= 4 is 17.7 Å². The average molecular weight is 281 g/mol. The standard InChI is InChI=1S/C13H19N3O2S/c1-15-8-10(7-14-15)11-9-19-6-4-16(11)13(17)12-3-2-5-18-12/h7-8,11-12H,2-6,9H2,1H3. The number of nitrogens with zero attached hydrogens (tertiary/aromatic N) is 3. The van der Waals surface area contributed by atoms with Crippen LogP contribution in [0.2, 0.25) is 0 Å². The zero-order valence-electron chi connectivity index (χ0n) is 11.1. The van der Waals surface area contributed by atoms with Crippen LogP contribution in [-0.4, -0.2) is 51.3 Å². The minimum absolute atomic E-state index is 0.143. The summed E-state index contributed by atoms with van der Waals surface area (Å²) >= 11 is 1.90. The summed E-state index contributed by atoms with van der Waals surface area (Å²) in [5, 5.41) is 4.22. The molecule has 6 heteroatoms. The van der Waals surface area contributed by atoms with Crippen molar-refractivity contribution in [2.45, 2.75) is 25.0 Å². The highest BCUT2D eigenvalue weighted by Gasteiger charge is 2.35. The van der Waals surface area contributed by atoms with Crippen LogP contribution in [0.4, 0.5) is 0 Å². The SMILES string of the molecule is Cn1cc(C2CSCCN2C(=O)C2CCCO2)cn1. The van der Waals surface area contributed by atoms with Gasteiger partial charge in [0, 0.05) is 43.5 Å². The number of thioether (sulfide) groups is 1. The lowest BCUT2D eigenvalue weighted by Gasteiger charge is -2.36. The van der Waals surface area contributed by atoms with E-state index in [9.17, 15) is 4.79 Å². The first kappa shape index (κ1) is 13.0. The molecule has 2 unspecified atom stereocenters. The molecular weight excluding hydrogens is 262 g/mol. The molecule has 3 rings (SSSR count). The molecule has 3 heterocycles. The Morgan fingerprint density at radius 3 is 3.16 bits per heavy atom. The Kier molecular flexibility index (Phi) is 3.79. The fourth-order valence-corrected chi connectivity index (χ4v) is 3.80. The minimum atomic E-state index is -0.220. The van der Waals surface area contributed by atoms with Gasteiger partial charge in [-0.15, -0.1) is 0 Å². The van der Waals surface area contributed by atoms with Gasteiger partial charge in [0.15, 0.2) is 0 Å². The number of amides is 1. The van der Waals surface area contributed by atoms with Gasteiger partial charge in [0.1, 0.15) is 6.10 Å². The van der Waals surface area contributed by atoms with Gasteiger partial charge in [-0.05, 0) is 12.8 Å². The van der Waals surface area contributed by atoms with Gasteiger partial charge in [-0.3, -0.25) is 9.48 Å². The quantitative estimate of drug-likeness (QED) is 0.817. The molecule has 0 saturated carbocycles. The Morgan fingerprint density at radius 2 is 2.47 bits per heavy atom. The summed E-state index contributed by atoms with van der Waals surface area (Å²) in [7, 11) is 1.91. The summed E-state index contributed by atoms with van der Waals surface area (Å²) in [5.41, 5.74) is 1.13. The zero-order chi connectivity index (χ0) is 13.2. The Labute approximate surface area is 117 Å². The number of hydrogen-bond acceptors (Lipinski definition) is 4. The van der Waals surface area contributed by atoms with Gasteiger partial charge in [-0.2, -0.15) is 16.9 Å². The second-order valence-corrected chi connectivity index (χ2v) is 6.22. The number of hydrogen-bond donors (Lipinski definition) is 0. The van der Waals surface area contributed by atoms with E-state index in [0.717, 1.165) is 43.1 Å². The molecule has 2 saturated heterocycles. The number of ether oxygens (including phenoxy) is 1. The molecule has 0 N–H and O–H groups in total. The lowest BCUT2D eigenvalue weighted by Crippen LogP contribution is -2.45. The molecule has 1 aromatic heterocycles.